The predicted octanol–water partition coefficient (Wildman–Crippen LogP) is 2.79. The molecule has 0 bridgehead atoms. The molecule has 2 rings (SSSR count). The number of hydrogen-bond acceptors (Lipinski definition) is 4. The molecule has 1 heterocycles. The predicted molar refractivity (Wildman–Crippen MR) is 73.5 cm³/mol. The first-order valence-corrected chi connectivity index (χ1v) is 7.53. The average Bonchev–Trinajstić information content (AvgIpc) is 2.69. The molecule has 1 N–H and O–H groups in total. The molecule has 1 aliphatic rings. The zero-order chi connectivity index (χ0) is 12.3. The van der Waals surface area contributed by atoms with E-state index in [0.717, 1.165) is 19.6 Å². The van der Waals surface area contributed by atoms with Gasteiger partial charge in [-0.1, -0.05) is 0 Å². The molecule has 0 aliphatic heterocycles. The Labute approximate surface area is 115 Å². The van der Waals surface area contributed by atoms with Crippen LogP contribution in [-0.4, -0.2) is 32.0 Å². The van der Waals surface area contributed by atoms with Crippen molar-refractivity contribution in [1.29, 1.82) is 0 Å². The third-order valence-corrected chi connectivity index (χ3v) is 5.04. The van der Waals surface area contributed by atoms with Crippen LogP contribution < -0.4 is 5.32 Å². The summed E-state index contributed by atoms with van der Waals surface area (Å²) >= 11 is 5.30. The van der Waals surface area contributed by atoms with Gasteiger partial charge in [0.15, 0.2) is 0 Å². The number of methoxy groups -OCH3 is 1. The Kier molecular flexibility index (Phi) is 4.99. The van der Waals surface area contributed by atoms with Crippen LogP contribution in [0.5, 0.6) is 0 Å². The molecule has 1 aromatic heterocycles. The number of ether oxygens (including phenoxy) is 2. The molecule has 1 fully saturated rings. The Hall–Kier alpha value is 0.0600. The lowest BCUT2D eigenvalue weighted by Gasteiger charge is -2.43. The first kappa shape index (κ1) is 13.5. The van der Waals surface area contributed by atoms with Crippen molar-refractivity contribution in [1.82, 2.24) is 5.32 Å². The zero-order valence-corrected chi connectivity index (χ0v) is 12.5. The van der Waals surface area contributed by atoms with Gasteiger partial charge in [-0.05, 0) is 40.7 Å². The standard InChI is InChI=1S/C12H18BrNO2S/c1-3-16-10-6-9(12(10)15-2)14-7-11-8(13)4-5-17-11/h4-5,9-10,12,14H,3,6-7H2,1-2H3. The molecular weight excluding hydrogens is 302 g/mol. The molecule has 5 heteroatoms. The van der Waals surface area contributed by atoms with Crippen molar-refractivity contribution in [2.24, 2.45) is 0 Å². The minimum Gasteiger partial charge on any atom is -0.377 e. The quantitative estimate of drug-likeness (QED) is 0.874. The maximum atomic E-state index is 5.60. The second-order valence-electron chi connectivity index (χ2n) is 4.11. The van der Waals surface area contributed by atoms with Gasteiger partial charge in [0, 0.05) is 35.7 Å². The lowest BCUT2D eigenvalue weighted by molar-refractivity contribution is -0.131. The zero-order valence-electron chi connectivity index (χ0n) is 10.1. The third-order valence-electron chi connectivity index (χ3n) is 3.12. The fraction of sp³-hybridized carbons (Fsp3) is 0.667. The third kappa shape index (κ3) is 3.09. The van der Waals surface area contributed by atoms with E-state index in [0.29, 0.717) is 6.04 Å². The Balaban J connectivity index is 1.79. The number of halogens is 1. The molecule has 96 valence electrons. The molecule has 1 aliphatic carbocycles. The van der Waals surface area contributed by atoms with Crippen LogP contribution in [0.4, 0.5) is 0 Å². The lowest BCUT2D eigenvalue weighted by atomic mass is 9.85. The first-order chi connectivity index (χ1) is 8.26. The van der Waals surface area contributed by atoms with Crippen LogP contribution in [-0.2, 0) is 16.0 Å². The van der Waals surface area contributed by atoms with E-state index in [1.165, 1.54) is 9.35 Å². The van der Waals surface area contributed by atoms with Crippen molar-refractivity contribution in [2.75, 3.05) is 13.7 Å². The maximum Gasteiger partial charge on any atom is 0.0986 e. The summed E-state index contributed by atoms with van der Waals surface area (Å²) in [5, 5.41) is 5.62. The van der Waals surface area contributed by atoms with Gasteiger partial charge < -0.3 is 14.8 Å². The summed E-state index contributed by atoms with van der Waals surface area (Å²) in [6, 6.07) is 2.49. The van der Waals surface area contributed by atoms with E-state index in [9.17, 15) is 0 Å². The largest absolute Gasteiger partial charge is 0.377 e. The summed E-state index contributed by atoms with van der Waals surface area (Å²) < 4.78 is 12.3. The molecule has 1 aromatic rings. The summed E-state index contributed by atoms with van der Waals surface area (Å²) in [6.45, 7) is 3.67. The van der Waals surface area contributed by atoms with Gasteiger partial charge in [-0.3, -0.25) is 0 Å². The molecule has 0 spiro atoms. The minimum absolute atomic E-state index is 0.189. The smallest absolute Gasteiger partial charge is 0.0986 e. The Morgan fingerprint density at radius 1 is 1.59 bits per heavy atom. The van der Waals surface area contributed by atoms with Gasteiger partial charge in [0.05, 0.1) is 12.2 Å². The van der Waals surface area contributed by atoms with Crippen molar-refractivity contribution in [3.8, 4) is 0 Å². The van der Waals surface area contributed by atoms with Crippen LogP contribution in [0.2, 0.25) is 0 Å². The van der Waals surface area contributed by atoms with E-state index in [-0.39, 0.29) is 12.2 Å². The second kappa shape index (κ2) is 6.29. The number of hydrogen-bond donors (Lipinski definition) is 1. The van der Waals surface area contributed by atoms with E-state index in [4.69, 9.17) is 9.47 Å². The lowest BCUT2D eigenvalue weighted by Crippen LogP contribution is -2.59. The highest BCUT2D eigenvalue weighted by Crippen LogP contribution is 2.28. The van der Waals surface area contributed by atoms with Gasteiger partial charge in [0.25, 0.3) is 0 Å². The maximum absolute atomic E-state index is 5.60. The van der Waals surface area contributed by atoms with Gasteiger partial charge in [0.1, 0.15) is 0 Å². The summed E-state index contributed by atoms with van der Waals surface area (Å²) in [4.78, 5) is 1.33. The van der Waals surface area contributed by atoms with Gasteiger partial charge in [-0.25, -0.2) is 0 Å². The van der Waals surface area contributed by atoms with Crippen LogP contribution in [0.1, 0.15) is 18.2 Å². The first-order valence-electron chi connectivity index (χ1n) is 5.86. The molecular formula is C12H18BrNO2S. The molecule has 0 aromatic carbocycles. The van der Waals surface area contributed by atoms with Gasteiger partial charge in [-0.2, -0.15) is 0 Å². The summed E-state index contributed by atoms with van der Waals surface area (Å²) in [5.74, 6) is 0. The highest BCUT2D eigenvalue weighted by molar-refractivity contribution is 9.10. The van der Waals surface area contributed by atoms with Crippen molar-refractivity contribution in [2.45, 2.75) is 38.1 Å². The van der Waals surface area contributed by atoms with Crippen LogP contribution in [0.3, 0.4) is 0 Å². The number of rotatable bonds is 6. The van der Waals surface area contributed by atoms with Crippen molar-refractivity contribution < 1.29 is 9.47 Å². The molecule has 3 nitrogen and oxygen atoms in total. The van der Waals surface area contributed by atoms with E-state index >= 15 is 0 Å². The Morgan fingerprint density at radius 2 is 2.41 bits per heavy atom. The average molecular weight is 320 g/mol. The second-order valence-corrected chi connectivity index (χ2v) is 5.96. The highest BCUT2D eigenvalue weighted by Gasteiger charge is 2.41. The normalized spacial score (nSPS) is 28.1. The van der Waals surface area contributed by atoms with Crippen LogP contribution in [0.15, 0.2) is 15.9 Å². The number of thiophene rings is 1. The molecule has 1 saturated carbocycles. The van der Waals surface area contributed by atoms with Crippen LogP contribution >= 0.6 is 27.3 Å². The molecule has 3 atom stereocenters. The molecule has 0 radical (unpaired) electrons. The molecule has 0 amide bonds. The van der Waals surface area contributed by atoms with Crippen LogP contribution in [0.25, 0.3) is 0 Å². The van der Waals surface area contributed by atoms with Crippen molar-refractivity contribution >= 4 is 27.3 Å². The molecule has 17 heavy (non-hydrogen) atoms. The summed E-state index contributed by atoms with van der Waals surface area (Å²) in [7, 11) is 1.76. The van der Waals surface area contributed by atoms with E-state index < -0.39 is 0 Å². The SMILES string of the molecule is CCOC1CC(NCc2sccc2Br)C1OC. The van der Waals surface area contributed by atoms with E-state index in [2.05, 4.69) is 32.7 Å². The monoisotopic (exact) mass is 319 g/mol. The molecule has 3 unspecified atom stereocenters. The summed E-state index contributed by atoms with van der Waals surface area (Å²) in [6.07, 6.45) is 1.48. The van der Waals surface area contributed by atoms with E-state index in [1.807, 2.05) is 6.92 Å². The van der Waals surface area contributed by atoms with Gasteiger partial charge >= 0.3 is 0 Å². The highest BCUT2D eigenvalue weighted by atomic mass is 79.9. The minimum atomic E-state index is 0.189. The molecule has 0 saturated heterocycles. The summed E-state index contributed by atoms with van der Waals surface area (Å²) in [5.41, 5.74) is 0. The fourth-order valence-corrected chi connectivity index (χ4v) is 3.59. The Morgan fingerprint density at radius 3 is 3.00 bits per heavy atom. The topological polar surface area (TPSA) is 30.5 Å². The van der Waals surface area contributed by atoms with Gasteiger partial charge in [-0.15, -0.1) is 11.3 Å². The van der Waals surface area contributed by atoms with Gasteiger partial charge in [0.2, 0.25) is 0 Å². The number of nitrogens with one attached hydrogen (secondary N) is 1. The Bertz CT molecular complexity index is 358. The van der Waals surface area contributed by atoms with E-state index in [1.54, 1.807) is 18.4 Å². The van der Waals surface area contributed by atoms with Crippen LogP contribution in [0, 0.1) is 0 Å². The van der Waals surface area contributed by atoms with Crippen molar-refractivity contribution in [3.05, 3.63) is 20.8 Å². The fourth-order valence-electron chi connectivity index (χ4n) is 2.15. The van der Waals surface area contributed by atoms with Crippen molar-refractivity contribution in [3.63, 3.8) is 0 Å².